The van der Waals surface area contributed by atoms with Crippen LogP contribution in [0.5, 0.6) is 0 Å². The Bertz CT molecular complexity index is 356. The van der Waals surface area contributed by atoms with E-state index in [1.54, 1.807) is 12.3 Å². The number of nitrogens with one attached hydrogen (secondary N) is 1. The Morgan fingerprint density at radius 3 is 3.06 bits per heavy atom. The molecule has 1 unspecified atom stereocenters. The van der Waals surface area contributed by atoms with Gasteiger partial charge in [-0.3, -0.25) is 0 Å². The van der Waals surface area contributed by atoms with Crippen molar-refractivity contribution in [1.29, 1.82) is 5.26 Å². The molecule has 0 radical (unpaired) electrons. The van der Waals surface area contributed by atoms with E-state index in [1.165, 1.54) is 0 Å². The van der Waals surface area contributed by atoms with Crippen molar-refractivity contribution in [2.24, 2.45) is 5.73 Å². The SMILES string of the molecule is CCCCC(CN)Nc1ccnc(C#N)c1. The van der Waals surface area contributed by atoms with E-state index in [2.05, 4.69) is 17.2 Å². The minimum Gasteiger partial charge on any atom is -0.381 e. The third-order valence-electron chi connectivity index (χ3n) is 2.44. The van der Waals surface area contributed by atoms with Gasteiger partial charge in [0.2, 0.25) is 0 Å². The van der Waals surface area contributed by atoms with Gasteiger partial charge in [0.25, 0.3) is 0 Å². The van der Waals surface area contributed by atoms with Gasteiger partial charge in [0.1, 0.15) is 11.8 Å². The number of unbranched alkanes of at least 4 members (excludes halogenated alkanes) is 1. The van der Waals surface area contributed by atoms with Crippen molar-refractivity contribution in [1.82, 2.24) is 4.98 Å². The highest BCUT2D eigenvalue weighted by Gasteiger charge is 2.06. The van der Waals surface area contributed by atoms with E-state index >= 15 is 0 Å². The summed E-state index contributed by atoms with van der Waals surface area (Å²) in [6, 6.07) is 5.89. The number of hydrogen-bond acceptors (Lipinski definition) is 4. The number of nitrogens with zero attached hydrogens (tertiary/aromatic N) is 2. The topological polar surface area (TPSA) is 74.7 Å². The van der Waals surface area contributed by atoms with Gasteiger partial charge in [0.15, 0.2) is 0 Å². The summed E-state index contributed by atoms with van der Waals surface area (Å²) in [5.74, 6) is 0. The molecule has 3 N–H and O–H groups in total. The van der Waals surface area contributed by atoms with Crippen LogP contribution in [0.4, 0.5) is 5.69 Å². The van der Waals surface area contributed by atoms with Crippen LogP contribution in [-0.2, 0) is 0 Å². The van der Waals surface area contributed by atoms with Crippen LogP contribution < -0.4 is 11.1 Å². The Balaban J connectivity index is 2.59. The normalized spacial score (nSPS) is 11.8. The average Bonchev–Trinajstić information content (AvgIpc) is 2.34. The van der Waals surface area contributed by atoms with Crippen molar-refractivity contribution in [2.75, 3.05) is 11.9 Å². The predicted octanol–water partition coefficient (Wildman–Crippen LogP) is 1.88. The van der Waals surface area contributed by atoms with Crippen LogP contribution in [0.1, 0.15) is 31.9 Å². The third kappa shape index (κ3) is 3.87. The molecule has 0 aliphatic carbocycles. The zero-order valence-electron chi connectivity index (χ0n) is 9.61. The molecule has 1 atom stereocenters. The van der Waals surface area contributed by atoms with Gasteiger partial charge in [-0.2, -0.15) is 5.26 Å². The first-order valence-corrected chi connectivity index (χ1v) is 5.63. The Morgan fingerprint density at radius 2 is 2.44 bits per heavy atom. The Morgan fingerprint density at radius 1 is 1.62 bits per heavy atom. The molecule has 4 nitrogen and oxygen atoms in total. The molecule has 4 heteroatoms. The molecule has 0 amide bonds. The number of aromatic nitrogens is 1. The Hall–Kier alpha value is -1.60. The Kier molecular flexibility index (Phi) is 5.30. The van der Waals surface area contributed by atoms with Crippen LogP contribution >= 0.6 is 0 Å². The number of pyridine rings is 1. The first kappa shape index (κ1) is 12.5. The molecule has 0 aliphatic heterocycles. The predicted molar refractivity (Wildman–Crippen MR) is 64.9 cm³/mol. The summed E-state index contributed by atoms with van der Waals surface area (Å²) < 4.78 is 0. The summed E-state index contributed by atoms with van der Waals surface area (Å²) in [7, 11) is 0. The van der Waals surface area contributed by atoms with Crippen molar-refractivity contribution < 1.29 is 0 Å². The van der Waals surface area contributed by atoms with E-state index < -0.39 is 0 Å². The standard InChI is InChI=1S/C12H18N4/c1-2-3-4-11(8-13)16-10-5-6-15-12(7-10)9-14/h5-7,11H,2-4,8,13H2,1H3,(H,15,16). The van der Waals surface area contributed by atoms with E-state index in [4.69, 9.17) is 11.0 Å². The molecule has 1 aromatic rings. The number of hydrogen-bond donors (Lipinski definition) is 2. The number of rotatable bonds is 6. The first-order valence-electron chi connectivity index (χ1n) is 5.63. The lowest BCUT2D eigenvalue weighted by atomic mass is 10.1. The average molecular weight is 218 g/mol. The smallest absolute Gasteiger partial charge is 0.142 e. The fraction of sp³-hybridized carbons (Fsp3) is 0.500. The molecule has 0 bridgehead atoms. The van der Waals surface area contributed by atoms with Gasteiger partial charge in [-0.1, -0.05) is 19.8 Å². The van der Waals surface area contributed by atoms with E-state index in [9.17, 15) is 0 Å². The number of nitrogens with two attached hydrogens (primary N) is 1. The van der Waals surface area contributed by atoms with Crippen LogP contribution in [0.3, 0.4) is 0 Å². The van der Waals surface area contributed by atoms with Crippen LogP contribution in [0, 0.1) is 11.3 Å². The van der Waals surface area contributed by atoms with Crippen molar-refractivity contribution in [2.45, 2.75) is 32.2 Å². The van der Waals surface area contributed by atoms with Gasteiger partial charge in [0.05, 0.1) is 0 Å². The maximum atomic E-state index is 8.73. The molecule has 0 aliphatic rings. The van der Waals surface area contributed by atoms with Gasteiger partial charge < -0.3 is 11.1 Å². The minimum atomic E-state index is 0.272. The second-order valence-electron chi connectivity index (χ2n) is 3.76. The van der Waals surface area contributed by atoms with Crippen LogP contribution in [0.2, 0.25) is 0 Å². The van der Waals surface area contributed by atoms with Crippen molar-refractivity contribution >= 4 is 5.69 Å². The Labute approximate surface area is 96.5 Å². The number of anilines is 1. The summed E-state index contributed by atoms with van der Waals surface area (Å²) in [6.07, 6.45) is 5.01. The van der Waals surface area contributed by atoms with Crippen molar-refractivity contribution in [3.8, 4) is 6.07 Å². The molecule has 1 heterocycles. The fourth-order valence-electron chi connectivity index (χ4n) is 1.52. The number of nitriles is 1. The minimum absolute atomic E-state index is 0.272. The van der Waals surface area contributed by atoms with Crippen LogP contribution in [0.25, 0.3) is 0 Å². The maximum Gasteiger partial charge on any atom is 0.142 e. The van der Waals surface area contributed by atoms with Crippen molar-refractivity contribution in [3.63, 3.8) is 0 Å². The highest BCUT2D eigenvalue weighted by molar-refractivity contribution is 5.46. The molecule has 1 rings (SSSR count). The molecule has 16 heavy (non-hydrogen) atoms. The molecular formula is C12H18N4. The van der Waals surface area contributed by atoms with E-state index in [0.717, 1.165) is 24.9 Å². The first-order chi connectivity index (χ1) is 7.80. The zero-order valence-corrected chi connectivity index (χ0v) is 9.61. The lowest BCUT2D eigenvalue weighted by Gasteiger charge is -2.17. The summed E-state index contributed by atoms with van der Waals surface area (Å²) in [5.41, 5.74) is 7.03. The molecule has 1 aromatic heterocycles. The monoisotopic (exact) mass is 218 g/mol. The highest BCUT2D eigenvalue weighted by atomic mass is 14.9. The summed E-state index contributed by atoms with van der Waals surface area (Å²) in [5, 5.41) is 12.1. The summed E-state index contributed by atoms with van der Waals surface area (Å²) in [4.78, 5) is 3.92. The second kappa shape index (κ2) is 6.81. The highest BCUT2D eigenvalue weighted by Crippen LogP contribution is 2.11. The summed E-state index contributed by atoms with van der Waals surface area (Å²) in [6.45, 7) is 2.76. The van der Waals surface area contributed by atoms with E-state index in [0.29, 0.717) is 12.2 Å². The summed E-state index contributed by atoms with van der Waals surface area (Å²) >= 11 is 0. The third-order valence-corrected chi connectivity index (χ3v) is 2.44. The quantitative estimate of drug-likeness (QED) is 0.764. The van der Waals surface area contributed by atoms with Crippen molar-refractivity contribution in [3.05, 3.63) is 24.0 Å². The van der Waals surface area contributed by atoms with Gasteiger partial charge in [-0.05, 0) is 18.6 Å². The lowest BCUT2D eigenvalue weighted by Crippen LogP contribution is -2.28. The molecule has 0 aromatic carbocycles. The lowest BCUT2D eigenvalue weighted by molar-refractivity contribution is 0.614. The molecular weight excluding hydrogens is 200 g/mol. The maximum absolute atomic E-state index is 8.73. The van der Waals surface area contributed by atoms with Gasteiger partial charge in [-0.25, -0.2) is 4.98 Å². The second-order valence-corrected chi connectivity index (χ2v) is 3.76. The molecule has 0 saturated carbocycles. The molecule has 0 fully saturated rings. The fourth-order valence-corrected chi connectivity index (χ4v) is 1.52. The molecule has 86 valence electrons. The molecule has 0 spiro atoms. The largest absolute Gasteiger partial charge is 0.381 e. The van der Waals surface area contributed by atoms with E-state index in [-0.39, 0.29) is 6.04 Å². The van der Waals surface area contributed by atoms with Gasteiger partial charge in [0, 0.05) is 24.5 Å². The van der Waals surface area contributed by atoms with E-state index in [1.807, 2.05) is 12.1 Å². The van der Waals surface area contributed by atoms with Crippen LogP contribution in [0.15, 0.2) is 18.3 Å². The van der Waals surface area contributed by atoms with Gasteiger partial charge >= 0.3 is 0 Å². The van der Waals surface area contributed by atoms with Crippen LogP contribution in [-0.4, -0.2) is 17.6 Å². The zero-order chi connectivity index (χ0) is 11.8. The van der Waals surface area contributed by atoms with Gasteiger partial charge in [-0.15, -0.1) is 0 Å². The molecule has 0 saturated heterocycles.